The van der Waals surface area contributed by atoms with Gasteiger partial charge in [-0.15, -0.1) is 0 Å². The maximum atomic E-state index is 13.5. The van der Waals surface area contributed by atoms with Crippen molar-refractivity contribution in [1.29, 1.82) is 0 Å². The van der Waals surface area contributed by atoms with Crippen molar-refractivity contribution in [3.05, 3.63) is 96.1 Å². The Bertz CT molecular complexity index is 1210. The number of anilines is 1. The third-order valence-electron chi connectivity index (χ3n) is 6.71. The summed E-state index contributed by atoms with van der Waals surface area (Å²) in [7, 11) is -3.93. The summed E-state index contributed by atoms with van der Waals surface area (Å²) in [4.78, 5) is 13.3. The first-order chi connectivity index (χ1) is 16.9. The Morgan fingerprint density at radius 2 is 1.51 bits per heavy atom. The van der Waals surface area contributed by atoms with Gasteiger partial charge in [-0.25, -0.2) is 8.42 Å². The molecule has 3 aromatic carbocycles. The molecule has 1 N–H and O–H groups in total. The summed E-state index contributed by atoms with van der Waals surface area (Å²) in [5.74, 6) is -0.342. The lowest BCUT2D eigenvalue weighted by molar-refractivity contribution is -0.120. The number of nitrogens with one attached hydrogen (secondary N) is 1. The van der Waals surface area contributed by atoms with Gasteiger partial charge < -0.3 is 10.1 Å². The lowest BCUT2D eigenvalue weighted by Crippen LogP contribution is -2.48. The number of benzene rings is 3. The van der Waals surface area contributed by atoms with Crippen molar-refractivity contribution in [2.75, 3.05) is 30.6 Å². The fourth-order valence-electron chi connectivity index (χ4n) is 4.51. The number of nitrogens with zero attached hydrogens (tertiary/aromatic N) is 1. The fourth-order valence-corrected chi connectivity index (χ4v) is 5.95. The van der Waals surface area contributed by atoms with Gasteiger partial charge in [-0.1, -0.05) is 67.6 Å². The highest BCUT2D eigenvalue weighted by Gasteiger charge is 2.35. The molecule has 0 aromatic heterocycles. The van der Waals surface area contributed by atoms with Crippen LogP contribution in [0.1, 0.15) is 30.9 Å². The van der Waals surface area contributed by atoms with Gasteiger partial charge in [-0.3, -0.25) is 9.10 Å². The Hall–Kier alpha value is -3.16. The summed E-state index contributed by atoms with van der Waals surface area (Å²) < 4.78 is 33.9. The van der Waals surface area contributed by atoms with E-state index in [9.17, 15) is 13.2 Å². The van der Waals surface area contributed by atoms with Gasteiger partial charge in [0.25, 0.3) is 10.0 Å². The molecule has 1 heterocycles. The van der Waals surface area contributed by atoms with Crippen molar-refractivity contribution in [3.63, 3.8) is 0 Å². The van der Waals surface area contributed by atoms with E-state index in [4.69, 9.17) is 4.74 Å². The molecule has 0 unspecified atom stereocenters. The number of carbonyl (C=O) groups excluding carboxylic acids is 1. The van der Waals surface area contributed by atoms with Gasteiger partial charge in [-0.2, -0.15) is 0 Å². The fraction of sp³-hybridized carbons (Fsp3) is 0.321. The zero-order valence-corrected chi connectivity index (χ0v) is 20.8. The molecule has 1 aliphatic heterocycles. The third-order valence-corrected chi connectivity index (χ3v) is 8.50. The van der Waals surface area contributed by atoms with Crippen LogP contribution in [0.4, 0.5) is 5.69 Å². The molecule has 3 aromatic rings. The molecule has 7 heteroatoms. The van der Waals surface area contributed by atoms with E-state index in [1.54, 1.807) is 42.5 Å². The Morgan fingerprint density at radius 3 is 2.11 bits per heavy atom. The summed E-state index contributed by atoms with van der Waals surface area (Å²) >= 11 is 0. The molecular formula is C28H32N2O4S. The van der Waals surface area contributed by atoms with Gasteiger partial charge in [-0.05, 0) is 54.7 Å². The van der Waals surface area contributed by atoms with Crippen LogP contribution >= 0.6 is 0 Å². The van der Waals surface area contributed by atoms with Crippen LogP contribution in [0.15, 0.2) is 89.8 Å². The van der Waals surface area contributed by atoms with E-state index in [0.717, 1.165) is 30.4 Å². The average molecular weight is 493 g/mol. The van der Waals surface area contributed by atoms with Gasteiger partial charge >= 0.3 is 0 Å². The van der Waals surface area contributed by atoms with E-state index in [2.05, 4.69) is 17.4 Å². The van der Waals surface area contributed by atoms with Gasteiger partial charge in [0, 0.05) is 25.2 Å². The van der Waals surface area contributed by atoms with Crippen molar-refractivity contribution in [3.8, 4) is 0 Å². The molecule has 0 atom stereocenters. The molecule has 0 aliphatic carbocycles. The smallest absolute Gasteiger partial charge is 0.264 e. The molecule has 0 bridgehead atoms. The lowest BCUT2D eigenvalue weighted by Gasteiger charge is -2.38. The number of ether oxygens (including phenoxy) is 1. The zero-order chi connectivity index (χ0) is 24.7. The first-order valence-electron chi connectivity index (χ1n) is 12.0. The second kappa shape index (κ2) is 11.1. The standard InChI is InChI=1S/C28H32N2O4S/c1-2-23-13-15-25(16-14-23)30(35(32,33)26-11-7-4-8-12-26)21-27(31)29-22-28(17-19-34-20-18-28)24-9-5-3-6-10-24/h3-16H,2,17-22H2,1H3,(H,29,31). The number of rotatable bonds is 9. The maximum Gasteiger partial charge on any atom is 0.264 e. The van der Waals surface area contributed by atoms with Crippen LogP contribution in [0.3, 0.4) is 0 Å². The predicted octanol–water partition coefficient (Wildman–Crippen LogP) is 4.31. The van der Waals surface area contributed by atoms with E-state index in [-0.39, 0.29) is 22.8 Å². The van der Waals surface area contributed by atoms with Gasteiger partial charge in [0.15, 0.2) is 0 Å². The monoisotopic (exact) mass is 492 g/mol. The van der Waals surface area contributed by atoms with Crippen molar-refractivity contribution in [2.24, 2.45) is 0 Å². The summed E-state index contributed by atoms with van der Waals surface area (Å²) in [5.41, 5.74) is 2.48. The number of hydrogen-bond acceptors (Lipinski definition) is 4. The van der Waals surface area contributed by atoms with Gasteiger partial charge in [0.2, 0.25) is 5.91 Å². The summed E-state index contributed by atoms with van der Waals surface area (Å²) in [6, 6.07) is 25.7. The molecule has 184 valence electrons. The number of sulfonamides is 1. The lowest BCUT2D eigenvalue weighted by atomic mass is 9.74. The second-order valence-corrected chi connectivity index (χ2v) is 10.7. The Kier molecular flexibility index (Phi) is 7.88. The molecule has 1 amide bonds. The van der Waals surface area contributed by atoms with Crippen LogP contribution in [-0.4, -0.2) is 40.6 Å². The first-order valence-corrected chi connectivity index (χ1v) is 13.5. The summed E-state index contributed by atoms with van der Waals surface area (Å²) in [6.45, 7) is 3.42. The van der Waals surface area contributed by atoms with Gasteiger partial charge in [0.1, 0.15) is 6.54 Å². The van der Waals surface area contributed by atoms with E-state index < -0.39 is 10.0 Å². The van der Waals surface area contributed by atoms with Crippen LogP contribution < -0.4 is 9.62 Å². The zero-order valence-electron chi connectivity index (χ0n) is 20.0. The molecule has 1 fully saturated rings. The predicted molar refractivity (Wildman–Crippen MR) is 138 cm³/mol. The molecule has 0 radical (unpaired) electrons. The van der Waals surface area contributed by atoms with Crippen molar-refractivity contribution in [2.45, 2.75) is 36.5 Å². The Morgan fingerprint density at radius 1 is 0.914 bits per heavy atom. The summed E-state index contributed by atoms with van der Waals surface area (Å²) in [6.07, 6.45) is 2.43. The minimum atomic E-state index is -3.93. The largest absolute Gasteiger partial charge is 0.381 e. The van der Waals surface area contributed by atoms with E-state index in [1.807, 2.05) is 37.3 Å². The van der Waals surface area contributed by atoms with Crippen molar-refractivity contribution >= 4 is 21.6 Å². The van der Waals surface area contributed by atoms with E-state index in [1.165, 1.54) is 4.31 Å². The number of hydrogen-bond donors (Lipinski definition) is 1. The molecule has 35 heavy (non-hydrogen) atoms. The first kappa shape index (κ1) is 24.9. The molecule has 6 nitrogen and oxygen atoms in total. The SMILES string of the molecule is CCc1ccc(N(CC(=O)NCC2(c3ccccc3)CCOCC2)S(=O)(=O)c2ccccc2)cc1. The average Bonchev–Trinajstić information content (AvgIpc) is 2.92. The van der Waals surface area contributed by atoms with Gasteiger partial charge in [0.05, 0.1) is 10.6 Å². The quantitative estimate of drug-likeness (QED) is 0.483. The van der Waals surface area contributed by atoms with E-state index in [0.29, 0.717) is 25.4 Å². The topological polar surface area (TPSA) is 75.7 Å². The minimum Gasteiger partial charge on any atom is -0.381 e. The summed E-state index contributed by atoms with van der Waals surface area (Å²) in [5, 5.41) is 3.04. The molecule has 1 aliphatic rings. The Labute approximate surface area is 208 Å². The second-order valence-electron chi connectivity index (χ2n) is 8.88. The van der Waals surface area contributed by atoms with Crippen LogP contribution in [-0.2, 0) is 31.4 Å². The van der Waals surface area contributed by atoms with Crippen molar-refractivity contribution < 1.29 is 17.9 Å². The minimum absolute atomic E-state index is 0.151. The molecular weight excluding hydrogens is 460 g/mol. The van der Waals surface area contributed by atoms with E-state index >= 15 is 0 Å². The third kappa shape index (κ3) is 5.74. The highest BCUT2D eigenvalue weighted by atomic mass is 32.2. The van der Waals surface area contributed by atoms with Crippen LogP contribution in [0.25, 0.3) is 0 Å². The van der Waals surface area contributed by atoms with Crippen LogP contribution in [0.5, 0.6) is 0 Å². The number of amides is 1. The van der Waals surface area contributed by atoms with Crippen molar-refractivity contribution in [1.82, 2.24) is 5.32 Å². The Balaban J connectivity index is 1.57. The molecule has 0 saturated carbocycles. The molecule has 0 spiro atoms. The maximum absolute atomic E-state index is 13.5. The molecule has 4 rings (SSSR count). The highest BCUT2D eigenvalue weighted by molar-refractivity contribution is 7.92. The highest BCUT2D eigenvalue weighted by Crippen LogP contribution is 2.34. The van der Waals surface area contributed by atoms with Crippen LogP contribution in [0, 0.1) is 0 Å². The van der Waals surface area contributed by atoms with Crippen LogP contribution in [0.2, 0.25) is 0 Å². The number of aryl methyl sites for hydroxylation is 1. The number of carbonyl (C=O) groups is 1. The normalized spacial score (nSPS) is 15.3. The molecule has 1 saturated heterocycles.